The number of benzene rings is 2. The van der Waals surface area contributed by atoms with E-state index in [9.17, 15) is 19.5 Å². The molecule has 3 aromatic rings. The average Bonchev–Trinajstić information content (AvgIpc) is 3.41. The summed E-state index contributed by atoms with van der Waals surface area (Å²) in [5.74, 6) is -0.908. The summed E-state index contributed by atoms with van der Waals surface area (Å²) < 4.78 is 1.19. The summed E-state index contributed by atoms with van der Waals surface area (Å²) in [7, 11) is 0. The Morgan fingerprint density at radius 2 is 1.91 bits per heavy atom. The van der Waals surface area contributed by atoms with E-state index in [0.717, 1.165) is 41.3 Å². The SMILES string of the molecule is O=C1CCC(N2Cc3cc(C4(O)CCN(Cc5nc6ccccc6s5)CC4)ccc3C2=O)C(=O)N1. The van der Waals surface area contributed by atoms with E-state index < -0.39 is 17.6 Å². The number of imide groups is 1. The lowest BCUT2D eigenvalue weighted by molar-refractivity contribution is -0.136. The van der Waals surface area contributed by atoms with E-state index in [-0.39, 0.29) is 18.2 Å². The predicted octanol–water partition coefficient (Wildman–Crippen LogP) is 2.54. The summed E-state index contributed by atoms with van der Waals surface area (Å²) >= 11 is 1.71. The Morgan fingerprint density at radius 3 is 2.69 bits per heavy atom. The zero-order valence-corrected chi connectivity index (χ0v) is 20.0. The number of rotatable bonds is 4. The fourth-order valence-corrected chi connectivity index (χ4v) is 6.42. The molecule has 9 heteroatoms. The zero-order chi connectivity index (χ0) is 24.2. The van der Waals surface area contributed by atoms with Gasteiger partial charge in [-0.25, -0.2) is 4.98 Å². The lowest BCUT2D eigenvalue weighted by Gasteiger charge is -2.38. The van der Waals surface area contributed by atoms with E-state index in [1.807, 2.05) is 30.3 Å². The molecule has 0 radical (unpaired) electrons. The number of carbonyl (C=O) groups excluding carboxylic acids is 3. The molecule has 2 fully saturated rings. The van der Waals surface area contributed by atoms with Gasteiger partial charge in [-0.3, -0.25) is 24.6 Å². The third-order valence-electron chi connectivity index (χ3n) is 7.44. The second kappa shape index (κ2) is 8.51. The predicted molar refractivity (Wildman–Crippen MR) is 131 cm³/mol. The highest BCUT2D eigenvalue weighted by molar-refractivity contribution is 7.18. The first-order valence-corrected chi connectivity index (χ1v) is 12.8. The number of likely N-dealkylation sites (tertiary alicyclic amines) is 1. The topological polar surface area (TPSA) is 103 Å². The summed E-state index contributed by atoms with van der Waals surface area (Å²) in [4.78, 5) is 45.3. The van der Waals surface area contributed by atoms with E-state index in [0.29, 0.717) is 31.4 Å². The third-order valence-corrected chi connectivity index (χ3v) is 8.46. The molecule has 2 saturated heterocycles. The first kappa shape index (κ1) is 22.3. The number of para-hydroxylation sites is 1. The number of aliphatic hydroxyl groups is 1. The van der Waals surface area contributed by atoms with Crippen molar-refractivity contribution < 1.29 is 19.5 Å². The number of nitrogens with zero attached hydrogens (tertiary/aromatic N) is 3. The van der Waals surface area contributed by atoms with Crippen LogP contribution >= 0.6 is 11.3 Å². The van der Waals surface area contributed by atoms with Crippen LogP contribution in [0, 0.1) is 0 Å². The van der Waals surface area contributed by atoms with Crippen molar-refractivity contribution in [1.29, 1.82) is 0 Å². The molecule has 0 bridgehead atoms. The van der Waals surface area contributed by atoms with Crippen LogP contribution in [0.3, 0.4) is 0 Å². The molecule has 1 aromatic heterocycles. The number of hydrogen-bond donors (Lipinski definition) is 2. The monoisotopic (exact) mass is 490 g/mol. The molecule has 1 unspecified atom stereocenters. The summed E-state index contributed by atoms with van der Waals surface area (Å²) in [6.07, 6.45) is 1.77. The van der Waals surface area contributed by atoms with Gasteiger partial charge in [0.25, 0.3) is 5.91 Å². The number of amides is 3. The lowest BCUT2D eigenvalue weighted by atomic mass is 9.83. The van der Waals surface area contributed by atoms with Gasteiger partial charge in [0.2, 0.25) is 11.8 Å². The van der Waals surface area contributed by atoms with Crippen molar-refractivity contribution in [3.63, 3.8) is 0 Å². The summed E-state index contributed by atoms with van der Waals surface area (Å²) in [5.41, 5.74) is 2.27. The van der Waals surface area contributed by atoms with E-state index in [1.54, 1.807) is 22.3 Å². The van der Waals surface area contributed by atoms with Crippen LogP contribution in [-0.4, -0.2) is 56.7 Å². The minimum atomic E-state index is -0.954. The molecule has 0 saturated carbocycles. The van der Waals surface area contributed by atoms with Crippen molar-refractivity contribution >= 4 is 39.3 Å². The van der Waals surface area contributed by atoms with Crippen molar-refractivity contribution in [3.8, 4) is 0 Å². The van der Waals surface area contributed by atoms with E-state index >= 15 is 0 Å². The molecule has 4 heterocycles. The maximum absolute atomic E-state index is 13.0. The minimum Gasteiger partial charge on any atom is -0.385 e. The van der Waals surface area contributed by atoms with Crippen LogP contribution in [0.25, 0.3) is 10.2 Å². The molecule has 2 N–H and O–H groups in total. The molecule has 3 amide bonds. The van der Waals surface area contributed by atoms with Gasteiger partial charge < -0.3 is 10.0 Å². The molecule has 3 aliphatic rings. The minimum absolute atomic E-state index is 0.196. The van der Waals surface area contributed by atoms with Gasteiger partial charge in [0.15, 0.2) is 0 Å². The van der Waals surface area contributed by atoms with Gasteiger partial charge in [0.1, 0.15) is 11.0 Å². The molecule has 2 aromatic carbocycles. The van der Waals surface area contributed by atoms with Crippen LogP contribution in [0.1, 0.15) is 52.2 Å². The van der Waals surface area contributed by atoms with Crippen molar-refractivity contribution in [2.24, 2.45) is 0 Å². The maximum atomic E-state index is 13.0. The zero-order valence-electron chi connectivity index (χ0n) is 19.2. The molecule has 3 aliphatic heterocycles. The van der Waals surface area contributed by atoms with Gasteiger partial charge in [-0.1, -0.05) is 24.3 Å². The third kappa shape index (κ3) is 4.03. The molecule has 1 atom stereocenters. The number of carbonyl (C=O) groups is 3. The van der Waals surface area contributed by atoms with E-state index in [4.69, 9.17) is 4.98 Å². The van der Waals surface area contributed by atoms with Crippen molar-refractivity contribution in [1.82, 2.24) is 20.1 Å². The highest BCUT2D eigenvalue weighted by Crippen LogP contribution is 2.37. The summed E-state index contributed by atoms with van der Waals surface area (Å²) in [5, 5.41) is 14.9. The van der Waals surface area contributed by atoms with Crippen molar-refractivity contribution in [2.45, 2.75) is 50.4 Å². The number of thiazole rings is 1. The molecule has 180 valence electrons. The quantitative estimate of drug-likeness (QED) is 0.545. The Labute approximate surface area is 206 Å². The number of hydrogen-bond acceptors (Lipinski definition) is 7. The standard InChI is InChI=1S/C26H26N4O4S/c31-22-8-7-20(24(32)28-22)30-14-16-13-17(5-6-18(16)25(30)33)26(34)9-11-29(12-10-26)15-23-27-19-3-1-2-4-21(19)35-23/h1-6,13,20,34H,7-12,14-15H2,(H,28,31,32). The second-order valence-corrected chi connectivity index (χ2v) is 10.8. The number of piperidine rings is 2. The van der Waals surface area contributed by atoms with E-state index in [2.05, 4.69) is 16.3 Å². The largest absolute Gasteiger partial charge is 0.385 e. The molecule has 35 heavy (non-hydrogen) atoms. The van der Waals surface area contributed by atoms with Gasteiger partial charge in [0, 0.05) is 31.6 Å². The van der Waals surface area contributed by atoms with Crippen LogP contribution in [0.2, 0.25) is 0 Å². The van der Waals surface area contributed by atoms with Gasteiger partial charge in [-0.05, 0) is 48.6 Å². The first-order valence-electron chi connectivity index (χ1n) is 12.0. The van der Waals surface area contributed by atoms with Crippen LogP contribution < -0.4 is 5.32 Å². The Hall–Kier alpha value is -3.14. The van der Waals surface area contributed by atoms with Crippen LogP contribution in [0.5, 0.6) is 0 Å². The Balaban J connectivity index is 1.13. The van der Waals surface area contributed by atoms with Crippen LogP contribution in [0.4, 0.5) is 0 Å². The van der Waals surface area contributed by atoms with Gasteiger partial charge in [-0.15, -0.1) is 11.3 Å². The van der Waals surface area contributed by atoms with Crippen LogP contribution in [-0.2, 0) is 28.3 Å². The molecule has 0 spiro atoms. The molecule has 0 aliphatic carbocycles. The number of fused-ring (bicyclic) bond motifs is 2. The fourth-order valence-electron chi connectivity index (χ4n) is 5.41. The summed E-state index contributed by atoms with van der Waals surface area (Å²) in [6.45, 7) is 2.60. The molecular formula is C26H26N4O4S. The van der Waals surface area contributed by atoms with Gasteiger partial charge >= 0.3 is 0 Å². The second-order valence-electron chi connectivity index (χ2n) is 9.65. The molecular weight excluding hydrogens is 464 g/mol. The number of aromatic nitrogens is 1. The highest BCUT2D eigenvalue weighted by atomic mass is 32.1. The van der Waals surface area contributed by atoms with Crippen molar-refractivity contribution in [2.75, 3.05) is 13.1 Å². The van der Waals surface area contributed by atoms with E-state index in [1.165, 1.54) is 4.70 Å². The van der Waals surface area contributed by atoms with Crippen LogP contribution in [0.15, 0.2) is 42.5 Å². The smallest absolute Gasteiger partial charge is 0.255 e. The Bertz CT molecular complexity index is 1310. The van der Waals surface area contributed by atoms with Gasteiger partial charge in [0.05, 0.1) is 22.4 Å². The van der Waals surface area contributed by atoms with Crippen molar-refractivity contribution in [3.05, 3.63) is 64.2 Å². The number of nitrogens with one attached hydrogen (secondary N) is 1. The Morgan fingerprint density at radius 1 is 1.11 bits per heavy atom. The Kier molecular flexibility index (Phi) is 5.43. The lowest BCUT2D eigenvalue weighted by Crippen LogP contribution is -2.52. The average molecular weight is 491 g/mol. The molecule has 8 nitrogen and oxygen atoms in total. The fraction of sp³-hybridized carbons (Fsp3) is 0.385. The first-order chi connectivity index (χ1) is 16.9. The highest BCUT2D eigenvalue weighted by Gasteiger charge is 2.40. The van der Waals surface area contributed by atoms with Gasteiger partial charge in [-0.2, -0.15) is 0 Å². The molecule has 6 rings (SSSR count). The normalized spacial score (nSPS) is 22.5. The maximum Gasteiger partial charge on any atom is 0.255 e. The summed E-state index contributed by atoms with van der Waals surface area (Å²) in [6, 6.07) is 13.0.